The van der Waals surface area contributed by atoms with Gasteiger partial charge in [-0.2, -0.15) is 0 Å². The maximum absolute atomic E-state index is 10.9. The minimum atomic E-state index is -0.574. The summed E-state index contributed by atoms with van der Waals surface area (Å²) in [7, 11) is 1.47. The SMILES string of the molecule is COc1cc(I)c(Cl)cc1C(=O)Cl. The van der Waals surface area contributed by atoms with Gasteiger partial charge in [0.05, 0.1) is 17.7 Å². The van der Waals surface area contributed by atoms with Crippen LogP contribution in [0, 0.1) is 3.57 Å². The van der Waals surface area contributed by atoms with Gasteiger partial charge in [-0.05, 0) is 46.3 Å². The summed E-state index contributed by atoms with van der Waals surface area (Å²) >= 11 is 13.2. The first-order valence-corrected chi connectivity index (χ1v) is 5.12. The Morgan fingerprint density at radius 1 is 1.54 bits per heavy atom. The summed E-state index contributed by atoms with van der Waals surface area (Å²) in [5, 5.41) is -0.0828. The Morgan fingerprint density at radius 2 is 2.15 bits per heavy atom. The number of halogens is 3. The van der Waals surface area contributed by atoms with Crippen LogP contribution < -0.4 is 4.74 Å². The third-order valence-electron chi connectivity index (χ3n) is 1.45. The Bertz CT molecular complexity index is 352. The lowest BCUT2D eigenvalue weighted by molar-refractivity contribution is 0.107. The molecule has 0 amide bonds. The molecule has 0 aliphatic rings. The molecule has 0 atom stereocenters. The van der Waals surface area contributed by atoms with Crippen LogP contribution >= 0.6 is 45.8 Å². The number of methoxy groups -OCH3 is 1. The molecular weight excluding hydrogens is 326 g/mol. The predicted octanol–water partition coefficient (Wildman–Crippen LogP) is 3.33. The third-order valence-corrected chi connectivity index (χ3v) is 3.18. The molecule has 0 radical (unpaired) electrons. The van der Waals surface area contributed by atoms with Gasteiger partial charge in [0.1, 0.15) is 5.75 Å². The zero-order valence-corrected chi connectivity index (χ0v) is 10.3. The standard InChI is InChI=1S/C8H5Cl2IO2/c1-13-7-3-6(11)5(9)2-4(7)8(10)12/h2-3H,1H3. The molecule has 0 aromatic heterocycles. The number of hydrogen-bond acceptors (Lipinski definition) is 2. The quantitative estimate of drug-likeness (QED) is 0.614. The Balaban J connectivity index is 3.33. The van der Waals surface area contributed by atoms with E-state index in [1.807, 2.05) is 22.6 Å². The van der Waals surface area contributed by atoms with Gasteiger partial charge < -0.3 is 4.74 Å². The predicted molar refractivity (Wildman–Crippen MR) is 60.9 cm³/mol. The van der Waals surface area contributed by atoms with Crippen LogP contribution in [0.25, 0.3) is 0 Å². The minimum Gasteiger partial charge on any atom is -0.496 e. The van der Waals surface area contributed by atoms with E-state index in [4.69, 9.17) is 27.9 Å². The molecule has 0 saturated carbocycles. The fourth-order valence-corrected chi connectivity index (χ4v) is 1.60. The molecule has 0 aliphatic heterocycles. The molecule has 5 heteroatoms. The number of benzene rings is 1. The van der Waals surface area contributed by atoms with Crippen LogP contribution in [0.15, 0.2) is 12.1 Å². The molecule has 0 saturated heterocycles. The highest BCUT2D eigenvalue weighted by atomic mass is 127. The molecule has 0 N–H and O–H groups in total. The zero-order valence-electron chi connectivity index (χ0n) is 6.61. The average molecular weight is 331 g/mol. The highest BCUT2D eigenvalue weighted by Crippen LogP contribution is 2.28. The first kappa shape index (κ1) is 11.1. The van der Waals surface area contributed by atoms with Crippen molar-refractivity contribution in [2.24, 2.45) is 0 Å². The lowest BCUT2D eigenvalue weighted by Gasteiger charge is -2.06. The van der Waals surface area contributed by atoms with Crippen LogP contribution in [0.5, 0.6) is 5.75 Å². The molecule has 0 fully saturated rings. The van der Waals surface area contributed by atoms with Crippen molar-refractivity contribution in [3.05, 3.63) is 26.3 Å². The van der Waals surface area contributed by atoms with Crippen molar-refractivity contribution < 1.29 is 9.53 Å². The van der Waals surface area contributed by atoms with Gasteiger partial charge in [-0.3, -0.25) is 4.79 Å². The Morgan fingerprint density at radius 3 is 2.62 bits per heavy atom. The number of hydrogen-bond donors (Lipinski definition) is 0. The lowest BCUT2D eigenvalue weighted by atomic mass is 10.2. The summed E-state index contributed by atoms with van der Waals surface area (Å²) in [4.78, 5) is 10.9. The van der Waals surface area contributed by atoms with Gasteiger partial charge in [0.15, 0.2) is 0 Å². The van der Waals surface area contributed by atoms with Gasteiger partial charge in [-0.15, -0.1) is 0 Å². The molecular formula is C8H5Cl2IO2. The van der Waals surface area contributed by atoms with E-state index in [1.54, 1.807) is 6.07 Å². The van der Waals surface area contributed by atoms with E-state index >= 15 is 0 Å². The van der Waals surface area contributed by atoms with Crippen molar-refractivity contribution >= 4 is 51.0 Å². The molecule has 1 aromatic carbocycles. The number of rotatable bonds is 2. The molecule has 1 aromatic rings. The highest BCUT2D eigenvalue weighted by Gasteiger charge is 2.12. The van der Waals surface area contributed by atoms with Crippen molar-refractivity contribution in [2.75, 3.05) is 7.11 Å². The van der Waals surface area contributed by atoms with Crippen molar-refractivity contribution in [1.82, 2.24) is 0 Å². The molecule has 13 heavy (non-hydrogen) atoms. The number of ether oxygens (including phenoxy) is 1. The van der Waals surface area contributed by atoms with Crippen LogP contribution in [0.3, 0.4) is 0 Å². The molecule has 2 nitrogen and oxygen atoms in total. The molecule has 0 spiro atoms. The largest absolute Gasteiger partial charge is 0.496 e. The van der Waals surface area contributed by atoms with Gasteiger partial charge in [0, 0.05) is 3.57 Å². The van der Waals surface area contributed by atoms with Crippen LogP contribution in [-0.4, -0.2) is 12.4 Å². The Kier molecular flexibility index (Phi) is 3.82. The van der Waals surface area contributed by atoms with Gasteiger partial charge in [0.2, 0.25) is 0 Å². The van der Waals surface area contributed by atoms with E-state index in [-0.39, 0.29) is 5.56 Å². The fourth-order valence-electron chi connectivity index (χ4n) is 0.851. The van der Waals surface area contributed by atoms with Crippen molar-refractivity contribution in [3.8, 4) is 5.75 Å². The van der Waals surface area contributed by atoms with Crippen LogP contribution in [0.4, 0.5) is 0 Å². The average Bonchev–Trinajstić information content (AvgIpc) is 2.08. The van der Waals surface area contributed by atoms with Gasteiger partial charge in [-0.25, -0.2) is 0 Å². The summed E-state index contributed by atoms with van der Waals surface area (Å²) in [6.45, 7) is 0. The smallest absolute Gasteiger partial charge is 0.256 e. The summed E-state index contributed by atoms with van der Waals surface area (Å²) in [5.41, 5.74) is 0.287. The first-order chi connectivity index (χ1) is 6.06. The lowest BCUT2D eigenvalue weighted by Crippen LogP contribution is -1.96. The van der Waals surface area contributed by atoms with E-state index in [0.717, 1.165) is 3.57 Å². The molecule has 0 bridgehead atoms. The normalized spacial score (nSPS) is 9.85. The second-order valence-corrected chi connectivity index (χ2v) is 4.15. The molecule has 0 unspecified atom stereocenters. The second-order valence-electron chi connectivity index (χ2n) is 2.24. The van der Waals surface area contributed by atoms with E-state index < -0.39 is 5.24 Å². The zero-order chi connectivity index (χ0) is 10.0. The molecule has 0 aliphatic carbocycles. The van der Waals surface area contributed by atoms with Crippen LogP contribution in [-0.2, 0) is 0 Å². The van der Waals surface area contributed by atoms with E-state index in [0.29, 0.717) is 10.8 Å². The highest BCUT2D eigenvalue weighted by molar-refractivity contribution is 14.1. The first-order valence-electron chi connectivity index (χ1n) is 3.29. The summed E-state index contributed by atoms with van der Waals surface area (Å²) < 4.78 is 5.79. The monoisotopic (exact) mass is 330 g/mol. The fraction of sp³-hybridized carbons (Fsp3) is 0.125. The summed E-state index contributed by atoms with van der Waals surface area (Å²) in [5.74, 6) is 0.439. The van der Waals surface area contributed by atoms with E-state index in [9.17, 15) is 4.79 Å². The maximum Gasteiger partial charge on any atom is 0.256 e. The molecule has 1 rings (SSSR count). The number of carbonyl (C=O) groups excluding carboxylic acids is 1. The van der Waals surface area contributed by atoms with Gasteiger partial charge in [-0.1, -0.05) is 11.6 Å². The number of carbonyl (C=O) groups is 1. The van der Waals surface area contributed by atoms with Crippen molar-refractivity contribution in [2.45, 2.75) is 0 Å². The Hall–Kier alpha value is -0.000000000000000167. The molecule has 0 heterocycles. The second kappa shape index (κ2) is 4.48. The third kappa shape index (κ3) is 2.48. The topological polar surface area (TPSA) is 26.3 Å². The minimum absolute atomic E-state index is 0.287. The molecule has 70 valence electrons. The van der Waals surface area contributed by atoms with E-state index in [1.165, 1.54) is 13.2 Å². The van der Waals surface area contributed by atoms with Crippen molar-refractivity contribution in [3.63, 3.8) is 0 Å². The van der Waals surface area contributed by atoms with Crippen LogP contribution in [0.2, 0.25) is 5.02 Å². The van der Waals surface area contributed by atoms with Crippen molar-refractivity contribution in [1.29, 1.82) is 0 Å². The van der Waals surface area contributed by atoms with Crippen LogP contribution in [0.1, 0.15) is 10.4 Å². The Labute approximate surface area is 99.3 Å². The maximum atomic E-state index is 10.9. The van der Waals surface area contributed by atoms with Gasteiger partial charge in [0.25, 0.3) is 5.24 Å². The summed E-state index contributed by atoms with van der Waals surface area (Å²) in [6.07, 6.45) is 0. The van der Waals surface area contributed by atoms with E-state index in [2.05, 4.69) is 0 Å². The summed E-state index contributed by atoms with van der Waals surface area (Å²) in [6, 6.07) is 3.16. The van der Waals surface area contributed by atoms with Gasteiger partial charge >= 0.3 is 0 Å².